The zero-order valence-electron chi connectivity index (χ0n) is 8.91. The first-order valence-corrected chi connectivity index (χ1v) is 5.16. The molecule has 0 radical (unpaired) electrons. The van der Waals surface area contributed by atoms with Crippen molar-refractivity contribution in [1.82, 2.24) is 5.32 Å². The molecule has 2 atom stereocenters. The highest BCUT2D eigenvalue weighted by Gasteiger charge is 2.22. The molecule has 1 aliphatic rings. The van der Waals surface area contributed by atoms with Gasteiger partial charge in [0.05, 0.1) is 13.2 Å². The number of ether oxygens (including phenoxy) is 2. The predicted octanol–water partition coefficient (Wildman–Crippen LogP) is 0.707. The van der Waals surface area contributed by atoms with Crippen molar-refractivity contribution in [3.05, 3.63) is 0 Å². The topological polar surface area (TPSA) is 47.6 Å². The van der Waals surface area contributed by atoms with Crippen LogP contribution in [0.4, 0.5) is 0 Å². The van der Waals surface area contributed by atoms with Crippen LogP contribution in [0, 0.1) is 0 Å². The van der Waals surface area contributed by atoms with Crippen LogP contribution in [0.1, 0.15) is 26.2 Å². The van der Waals surface area contributed by atoms with E-state index < -0.39 is 0 Å². The average Bonchev–Trinajstić information content (AvgIpc) is 2.58. The van der Waals surface area contributed by atoms with Crippen LogP contribution < -0.4 is 5.32 Å². The SMILES string of the molecule is COC(=O)CCCNC1CCOC1C. The molecule has 1 N–H and O–H groups in total. The van der Waals surface area contributed by atoms with Crippen molar-refractivity contribution < 1.29 is 14.3 Å². The summed E-state index contributed by atoms with van der Waals surface area (Å²) < 4.78 is 9.96. The van der Waals surface area contributed by atoms with Gasteiger partial charge >= 0.3 is 5.97 Å². The molecule has 14 heavy (non-hydrogen) atoms. The Balaban J connectivity index is 2.01. The monoisotopic (exact) mass is 201 g/mol. The number of nitrogens with one attached hydrogen (secondary N) is 1. The van der Waals surface area contributed by atoms with E-state index in [1.165, 1.54) is 7.11 Å². The molecular formula is C10H19NO3. The molecule has 0 aliphatic carbocycles. The standard InChI is InChI=1S/C10H19NO3/c1-8-9(5-7-14-8)11-6-3-4-10(12)13-2/h8-9,11H,3-7H2,1-2H3. The Morgan fingerprint density at radius 1 is 1.64 bits per heavy atom. The molecule has 1 fully saturated rings. The Labute approximate surface area is 85.0 Å². The largest absolute Gasteiger partial charge is 0.469 e. The number of hydrogen-bond acceptors (Lipinski definition) is 4. The zero-order valence-corrected chi connectivity index (χ0v) is 8.91. The molecule has 0 aromatic rings. The van der Waals surface area contributed by atoms with Gasteiger partial charge in [-0.05, 0) is 26.3 Å². The fourth-order valence-corrected chi connectivity index (χ4v) is 1.62. The van der Waals surface area contributed by atoms with Crippen LogP contribution in [0.15, 0.2) is 0 Å². The summed E-state index contributed by atoms with van der Waals surface area (Å²) in [5.41, 5.74) is 0. The maximum absolute atomic E-state index is 10.8. The van der Waals surface area contributed by atoms with Gasteiger partial charge in [0.1, 0.15) is 0 Å². The first-order valence-electron chi connectivity index (χ1n) is 5.16. The van der Waals surface area contributed by atoms with Gasteiger partial charge in [0, 0.05) is 19.1 Å². The minimum absolute atomic E-state index is 0.137. The Morgan fingerprint density at radius 2 is 2.43 bits per heavy atom. The van der Waals surface area contributed by atoms with E-state index in [4.69, 9.17) is 4.74 Å². The van der Waals surface area contributed by atoms with Gasteiger partial charge < -0.3 is 14.8 Å². The lowest BCUT2D eigenvalue weighted by Crippen LogP contribution is -2.35. The van der Waals surface area contributed by atoms with E-state index in [-0.39, 0.29) is 5.97 Å². The zero-order chi connectivity index (χ0) is 10.4. The average molecular weight is 201 g/mol. The van der Waals surface area contributed by atoms with E-state index in [9.17, 15) is 4.79 Å². The summed E-state index contributed by atoms with van der Waals surface area (Å²) in [5.74, 6) is -0.137. The van der Waals surface area contributed by atoms with Crippen molar-refractivity contribution >= 4 is 5.97 Å². The van der Waals surface area contributed by atoms with Gasteiger partial charge in [0.2, 0.25) is 0 Å². The number of hydrogen-bond donors (Lipinski definition) is 1. The van der Waals surface area contributed by atoms with Crippen LogP contribution in [0.3, 0.4) is 0 Å². The van der Waals surface area contributed by atoms with Gasteiger partial charge in [0.25, 0.3) is 0 Å². The second kappa shape index (κ2) is 5.98. The number of methoxy groups -OCH3 is 1. The van der Waals surface area contributed by atoms with E-state index in [1.54, 1.807) is 0 Å². The minimum Gasteiger partial charge on any atom is -0.469 e. The predicted molar refractivity (Wildman–Crippen MR) is 53.1 cm³/mol. The summed E-state index contributed by atoms with van der Waals surface area (Å²) >= 11 is 0. The van der Waals surface area contributed by atoms with Gasteiger partial charge in [-0.15, -0.1) is 0 Å². The van der Waals surface area contributed by atoms with E-state index in [0.717, 1.165) is 26.0 Å². The third-order valence-electron chi connectivity index (χ3n) is 2.57. The molecule has 2 unspecified atom stereocenters. The van der Waals surface area contributed by atoms with Crippen LogP contribution in [0.25, 0.3) is 0 Å². The van der Waals surface area contributed by atoms with E-state index in [2.05, 4.69) is 17.0 Å². The molecule has 0 bridgehead atoms. The van der Waals surface area contributed by atoms with Crippen LogP contribution in [0.5, 0.6) is 0 Å². The van der Waals surface area contributed by atoms with E-state index in [1.807, 2.05) is 0 Å². The second-order valence-electron chi connectivity index (χ2n) is 3.60. The lowest BCUT2D eigenvalue weighted by Gasteiger charge is -2.15. The van der Waals surface area contributed by atoms with Crippen LogP contribution in [-0.2, 0) is 14.3 Å². The fraction of sp³-hybridized carbons (Fsp3) is 0.900. The van der Waals surface area contributed by atoms with Crippen LogP contribution in [-0.4, -0.2) is 38.4 Å². The Hall–Kier alpha value is -0.610. The summed E-state index contributed by atoms with van der Waals surface area (Å²) in [6.07, 6.45) is 2.69. The normalized spacial score (nSPS) is 26.4. The van der Waals surface area contributed by atoms with Gasteiger partial charge in [-0.1, -0.05) is 0 Å². The number of carbonyl (C=O) groups excluding carboxylic acids is 1. The Bertz CT molecular complexity index is 184. The van der Waals surface area contributed by atoms with Crippen molar-refractivity contribution in [3.63, 3.8) is 0 Å². The summed E-state index contributed by atoms with van der Waals surface area (Å²) in [5, 5.41) is 3.38. The van der Waals surface area contributed by atoms with Crippen LogP contribution >= 0.6 is 0 Å². The second-order valence-corrected chi connectivity index (χ2v) is 3.60. The minimum atomic E-state index is -0.137. The molecule has 1 rings (SSSR count). The lowest BCUT2D eigenvalue weighted by atomic mass is 10.1. The van der Waals surface area contributed by atoms with Crippen molar-refractivity contribution in [2.45, 2.75) is 38.3 Å². The maximum Gasteiger partial charge on any atom is 0.305 e. The molecule has 0 saturated carbocycles. The molecule has 4 heteroatoms. The lowest BCUT2D eigenvalue weighted by molar-refractivity contribution is -0.140. The third-order valence-corrected chi connectivity index (χ3v) is 2.57. The number of rotatable bonds is 5. The third kappa shape index (κ3) is 3.64. The summed E-state index contributed by atoms with van der Waals surface area (Å²) in [6.45, 7) is 3.77. The van der Waals surface area contributed by atoms with Crippen molar-refractivity contribution in [3.8, 4) is 0 Å². The summed E-state index contributed by atoms with van der Waals surface area (Å²) in [6, 6.07) is 0.452. The molecule has 0 spiro atoms. The smallest absolute Gasteiger partial charge is 0.305 e. The molecule has 1 saturated heterocycles. The molecule has 1 heterocycles. The van der Waals surface area contributed by atoms with Gasteiger partial charge in [-0.2, -0.15) is 0 Å². The Morgan fingerprint density at radius 3 is 3.00 bits per heavy atom. The molecule has 0 aromatic carbocycles. The van der Waals surface area contributed by atoms with Crippen LogP contribution in [0.2, 0.25) is 0 Å². The van der Waals surface area contributed by atoms with Gasteiger partial charge in [0.15, 0.2) is 0 Å². The maximum atomic E-state index is 10.8. The Kier molecular flexibility index (Phi) is 4.90. The highest BCUT2D eigenvalue weighted by atomic mass is 16.5. The molecular weight excluding hydrogens is 182 g/mol. The molecule has 4 nitrogen and oxygen atoms in total. The highest BCUT2D eigenvalue weighted by Crippen LogP contribution is 2.12. The molecule has 0 amide bonds. The highest BCUT2D eigenvalue weighted by molar-refractivity contribution is 5.69. The van der Waals surface area contributed by atoms with Crippen molar-refractivity contribution in [2.24, 2.45) is 0 Å². The molecule has 1 aliphatic heterocycles. The van der Waals surface area contributed by atoms with E-state index >= 15 is 0 Å². The van der Waals surface area contributed by atoms with E-state index in [0.29, 0.717) is 18.6 Å². The van der Waals surface area contributed by atoms with Crippen molar-refractivity contribution in [1.29, 1.82) is 0 Å². The molecule has 0 aromatic heterocycles. The van der Waals surface area contributed by atoms with Gasteiger partial charge in [-0.25, -0.2) is 0 Å². The number of carbonyl (C=O) groups is 1. The van der Waals surface area contributed by atoms with Gasteiger partial charge in [-0.3, -0.25) is 4.79 Å². The quantitative estimate of drug-likeness (QED) is 0.525. The fourth-order valence-electron chi connectivity index (χ4n) is 1.62. The van der Waals surface area contributed by atoms with Crippen molar-refractivity contribution in [2.75, 3.05) is 20.3 Å². The summed E-state index contributed by atoms with van der Waals surface area (Å²) in [4.78, 5) is 10.8. The summed E-state index contributed by atoms with van der Waals surface area (Å²) in [7, 11) is 1.42. The number of esters is 1. The molecule has 82 valence electrons. The first kappa shape index (κ1) is 11.5. The first-order chi connectivity index (χ1) is 6.74.